The number of aryl methyl sites for hydroxylation is 3. The Morgan fingerprint density at radius 3 is 2.79 bits per heavy atom. The van der Waals surface area contributed by atoms with E-state index in [2.05, 4.69) is 27.2 Å². The van der Waals surface area contributed by atoms with Gasteiger partial charge >= 0.3 is 0 Å². The Labute approximate surface area is 114 Å². The van der Waals surface area contributed by atoms with Crippen LogP contribution in [-0.4, -0.2) is 34.1 Å². The van der Waals surface area contributed by atoms with Gasteiger partial charge in [0.15, 0.2) is 16.2 Å². The van der Waals surface area contributed by atoms with Crippen LogP contribution in [-0.2, 0) is 27.1 Å². The van der Waals surface area contributed by atoms with Crippen LogP contribution in [0.3, 0.4) is 0 Å². The van der Waals surface area contributed by atoms with Gasteiger partial charge in [0.1, 0.15) is 11.8 Å². The maximum absolute atomic E-state index is 5.40. The van der Waals surface area contributed by atoms with E-state index in [1.807, 2.05) is 27.9 Å². The zero-order valence-electron chi connectivity index (χ0n) is 11.1. The molecule has 0 atom stereocenters. The fourth-order valence-electron chi connectivity index (χ4n) is 2.26. The molecule has 0 amide bonds. The molecular formula is C11H15N7S. The summed E-state index contributed by atoms with van der Waals surface area (Å²) in [6.45, 7) is 2.66. The van der Waals surface area contributed by atoms with Crippen LogP contribution in [0.2, 0.25) is 0 Å². The molecule has 3 aromatic rings. The van der Waals surface area contributed by atoms with E-state index in [0.717, 1.165) is 29.1 Å². The monoisotopic (exact) mass is 277 g/mol. The summed E-state index contributed by atoms with van der Waals surface area (Å²) in [6.07, 6.45) is 2.56. The molecule has 0 radical (unpaired) electrons. The summed E-state index contributed by atoms with van der Waals surface area (Å²) >= 11 is 5.40. The van der Waals surface area contributed by atoms with Gasteiger partial charge in [0.2, 0.25) is 0 Å². The standard InChI is InChI=1S/C11H15N7S/c1-4-7-9-10(17(3)15-7)18(11(19)13-9)5-8-14-12-6-16(8)2/h6H,4-5H2,1-3H3,(H,13,19). The minimum absolute atomic E-state index is 0.581. The topological polar surface area (TPSA) is 69.2 Å². The molecule has 0 aromatic carbocycles. The molecule has 3 heterocycles. The first-order valence-electron chi connectivity index (χ1n) is 6.09. The Kier molecular flexibility index (Phi) is 2.74. The first-order valence-corrected chi connectivity index (χ1v) is 6.50. The molecule has 0 aliphatic heterocycles. The lowest BCUT2D eigenvalue weighted by molar-refractivity contribution is 0.669. The summed E-state index contributed by atoms with van der Waals surface area (Å²) in [7, 11) is 3.85. The molecular weight excluding hydrogens is 262 g/mol. The van der Waals surface area contributed by atoms with Gasteiger partial charge in [-0.1, -0.05) is 6.92 Å². The largest absolute Gasteiger partial charge is 0.328 e. The van der Waals surface area contributed by atoms with Crippen molar-refractivity contribution in [3.8, 4) is 0 Å². The highest BCUT2D eigenvalue weighted by Gasteiger charge is 2.15. The van der Waals surface area contributed by atoms with Crippen LogP contribution < -0.4 is 0 Å². The molecule has 7 nitrogen and oxygen atoms in total. The van der Waals surface area contributed by atoms with E-state index in [1.54, 1.807) is 6.33 Å². The number of nitrogens with one attached hydrogen (secondary N) is 1. The third kappa shape index (κ3) is 1.79. The molecule has 100 valence electrons. The Morgan fingerprint density at radius 1 is 1.37 bits per heavy atom. The van der Waals surface area contributed by atoms with Gasteiger partial charge in [0.05, 0.1) is 12.2 Å². The second-order valence-electron chi connectivity index (χ2n) is 4.50. The minimum Gasteiger partial charge on any atom is -0.328 e. The Bertz CT molecular complexity index is 788. The predicted octanol–water partition coefficient (Wildman–Crippen LogP) is 1.17. The van der Waals surface area contributed by atoms with Gasteiger partial charge in [-0.05, 0) is 18.6 Å². The van der Waals surface area contributed by atoms with Gasteiger partial charge in [-0.15, -0.1) is 10.2 Å². The van der Waals surface area contributed by atoms with Crippen molar-refractivity contribution in [3.05, 3.63) is 22.6 Å². The number of fused-ring (bicyclic) bond motifs is 1. The van der Waals surface area contributed by atoms with E-state index in [0.29, 0.717) is 11.3 Å². The average molecular weight is 277 g/mol. The molecule has 1 N–H and O–H groups in total. The van der Waals surface area contributed by atoms with E-state index in [1.165, 1.54) is 0 Å². The molecule has 0 unspecified atom stereocenters. The molecule has 0 fully saturated rings. The third-order valence-electron chi connectivity index (χ3n) is 3.26. The molecule has 8 heteroatoms. The van der Waals surface area contributed by atoms with Crippen LogP contribution in [0.15, 0.2) is 6.33 Å². The number of nitrogens with zero attached hydrogens (tertiary/aromatic N) is 6. The van der Waals surface area contributed by atoms with Gasteiger partial charge < -0.3 is 9.55 Å². The molecule has 0 aliphatic rings. The Balaban J connectivity index is 2.18. The molecule has 0 spiro atoms. The lowest BCUT2D eigenvalue weighted by atomic mass is 10.3. The summed E-state index contributed by atoms with van der Waals surface area (Å²) in [5.41, 5.74) is 3.03. The highest BCUT2D eigenvalue weighted by molar-refractivity contribution is 7.71. The zero-order valence-corrected chi connectivity index (χ0v) is 11.9. The minimum atomic E-state index is 0.581. The Hall–Kier alpha value is -1.96. The second-order valence-corrected chi connectivity index (χ2v) is 4.88. The lowest BCUT2D eigenvalue weighted by Gasteiger charge is -2.04. The molecule has 0 saturated heterocycles. The molecule has 0 bridgehead atoms. The second kappa shape index (κ2) is 4.30. The number of hydrogen-bond donors (Lipinski definition) is 1. The van der Waals surface area contributed by atoms with Crippen molar-refractivity contribution < 1.29 is 0 Å². The molecule has 19 heavy (non-hydrogen) atoms. The van der Waals surface area contributed by atoms with E-state index in [-0.39, 0.29) is 0 Å². The molecule has 0 aliphatic carbocycles. The fourth-order valence-corrected chi connectivity index (χ4v) is 2.52. The number of imidazole rings is 1. The number of H-pyrrole nitrogens is 1. The van der Waals surface area contributed by atoms with Crippen molar-refractivity contribution in [2.75, 3.05) is 0 Å². The van der Waals surface area contributed by atoms with Crippen LogP contribution in [0.5, 0.6) is 0 Å². The lowest BCUT2D eigenvalue weighted by Crippen LogP contribution is -2.08. The molecule has 3 rings (SSSR count). The van der Waals surface area contributed by atoms with Crippen LogP contribution in [0, 0.1) is 4.77 Å². The van der Waals surface area contributed by atoms with E-state index < -0.39 is 0 Å². The van der Waals surface area contributed by atoms with Gasteiger partial charge in [-0.2, -0.15) is 5.10 Å². The van der Waals surface area contributed by atoms with Crippen molar-refractivity contribution in [1.29, 1.82) is 0 Å². The van der Waals surface area contributed by atoms with E-state index in [9.17, 15) is 0 Å². The van der Waals surface area contributed by atoms with Crippen molar-refractivity contribution >= 4 is 23.4 Å². The summed E-state index contributed by atoms with van der Waals surface area (Å²) in [4.78, 5) is 3.24. The van der Waals surface area contributed by atoms with Crippen LogP contribution >= 0.6 is 12.2 Å². The number of aromatic amines is 1. The van der Waals surface area contributed by atoms with Crippen LogP contribution in [0.1, 0.15) is 18.4 Å². The SMILES string of the molecule is CCc1nn(C)c2c1[nH]c(=S)n2Cc1nncn1C. The number of rotatable bonds is 3. The van der Waals surface area contributed by atoms with Crippen molar-refractivity contribution in [2.24, 2.45) is 14.1 Å². The van der Waals surface area contributed by atoms with Gasteiger partial charge in [-0.3, -0.25) is 9.25 Å². The summed E-state index contributed by atoms with van der Waals surface area (Å²) in [5, 5.41) is 12.5. The normalized spacial score (nSPS) is 11.5. The average Bonchev–Trinajstić information content (AvgIpc) is 3.00. The smallest absolute Gasteiger partial charge is 0.179 e. The highest BCUT2D eigenvalue weighted by Crippen LogP contribution is 2.18. The van der Waals surface area contributed by atoms with Crippen molar-refractivity contribution in [2.45, 2.75) is 19.9 Å². The van der Waals surface area contributed by atoms with Gasteiger partial charge in [0.25, 0.3) is 0 Å². The van der Waals surface area contributed by atoms with E-state index in [4.69, 9.17) is 12.2 Å². The first kappa shape index (κ1) is 12.1. The summed E-state index contributed by atoms with van der Waals surface area (Å²) in [6, 6.07) is 0. The van der Waals surface area contributed by atoms with Crippen molar-refractivity contribution in [1.82, 2.24) is 34.1 Å². The summed E-state index contributed by atoms with van der Waals surface area (Å²) < 4.78 is 6.43. The van der Waals surface area contributed by atoms with Gasteiger partial charge in [0, 0.05) is 14.1 Å². The van der Waals surface area contributed by atoms with Crippen LogP contribution in [0.4, 0.5) is 0 Å². The summed E-state index contributed by atoms with van der Waals surface area (Å²) in [5.74, 6) is 0.858. The Morgan fingerprint density at radius 2 is 2.16 bits per heavy atom. The third-order valence-corrected chi connectivity index (χ3v) is 3.58. The molecule has 0 saturated carbocycles. The molecule has 3 aromatic heterocycles. The quantitative estimate of drug-likeness (QED) is 0.730. The number of aromatic nitrogens is 7. The predicted molar refractivity (Wildman–Crippen MR) is 73.4 cm³/mol. The van der Waals surface area contributed by atoms with Crippen LogP contribution in [0.25, 0.3) is 11.2 Å². The maximum Gasteiger partial charge on any atom is 0.179 e. The van der Waals surface area contributed by atoms with E-state index >= 15 is 0 Å². The van der Waals surface area contributed by atoms with Gasteiger partial charge in [-0.25, -0.2) is 0 Å². The van der Waals surface area contributed by atoms with Crippen molar-refractivity contribution in [3.63, 3.8) is 0 Å². The fraction of sp³-hybridized carbons (Fsp3) is 0.455. The maximum atomic E-state index is 5.40. The zero-order chi connectivity index (χ0) is 13.6. The first-order chi connectivity index (χ1) is 9.11. The highest BCUT2D eigenvalue weighted by atomic mass is 32.1. The number of hydrogen-bond acceptors (Lipinski definition) is 4.